The molecule has 1 saturated heterocycles. The molecule has 4 heteroatoms. The second-order valence-electron chi connectivity index (χ2n) is 4.29. The molecule has 2 aliphatic rings. The standard InChI is InChI=1S/C11H13N3S/c12-7-9-10(8-3-4-8)13-11(15-9)14-5-1-2-6-14/h8H,1-6H2. The number of rotatable bonds is 2. The molecule has 0 atom stereocenters. The predicted octanol–water partition coefficient (Wildman–Crippen LogP) is 2.49. The van der Waals surface area contributed by atoms with Crippen LogP contribution in [-0.2, 0) is 0 Å². The largest absolute Gasteiger partial charge is 0.348 e. The van der Waals surface area contributed by atoms with Gasteiger partial charge in [0.25, 0.3) is 0 Å². The smallest absolute Gasteiger partial charge is 0.186 e. The molecule has 78 valence electrons. The van der Waals surface area contributed by atoms with Crippen LogP contribution in [0.3, 0.4) is 0 Å². The Balaban J connectivity index is 1.92. The summed E-state index contributed by atoms with van der Waals surface area (Å²) >= 11 is 1.58. The molecule has 1 aromatic rings. The van der Waals surface area contributed by atoms with Crippen molar-refractivity contribution < 1.29 is 0 Å². The zero-order valence-electron chi connectivity index (χ0n) is 8.57. The maximum absolute atomic E-state index is 9.05. The number of aromatic nitrogens is 1. The third-order valence-corrected chi connectivity index (χ3v) is 4.12. The van der Waals surface area contributed by atoms with Gasteiger partial charge in [0.15, 0.2) is 5.13 Å². The topological polar surface area (TPSA) is 39.9 Å². The van der Waals surface area contributed by atoms with Crippen molar-refractivity contribution in [2.24, 2.45) is 0 Å². The molecule has 3 rings (SSSR count). The van der Waals surface area contributed by atoms with Crippen LogP contribution in [0.4, 0.5) is 5.13 Å². The first-order valence-corrected chi connectivity index (χ1v) is 6.36. The number of hydrogen-bond donors (Lipinski definition) is 0. The van der Waals surface area contributed by atoms with Crippen LogP contribution in [0.2, 0.25) is 0 Å². The summed E-state index contributed by atoms with van der Waals surface area (Å²) < 4.78 is 0. The predicted molar refractivity (Wildman–Crippen MR) is 60.3 cm³/mol. The minimum absolute atomic E-state index is 0.590. The van der Waals surface area contributed by atoms with Gasteiger partial charge in [0.1, 0.15) is 10.9 Å². The van der Waals surface area contributed by atoms with E-state index in [0.29, 0.717) is 5.92 Å². The number of anilines is 1. The Morgan fingerprint density at radius 1 is 1.33 bits per heavy atom. The minimum Gasteiger partial charge on any atom is -0.348 e. The number of nitrogens with zero attached hydrogens (tertiary/aromatic N) is 3. The molecule has 0 aromatic carbocycles. The van der Waals surface area contributed by atoms with Gasteiger partial charge < -0.3 is 4.90 Å². The van der Waals surface area contributed by atoms with Crippen molar-refractivity contribution >= 4 is 16.5 Å². The third-order valence-electron chi connectivity index (χ3n) is 3.08. The molecule has 15 heavy (non-hydrogen) atoms. The van der Waals surface area contributed by atoms with Gasteiger partial charge in [0, 0.05) is 19.0 Å². The monoisotopic (exact) mass is 219 g/mol. The van der Waals surface area contributed by atoms with E-state index in [0.717, 1.165) is 28.8 Å². The van der Waals surface area contributed by atoms with E-state index in [1.807, 2.05) is 0 Å². The van der Waals surface area contributed by atoms with E-state index >= 15 is 0 Å². The van der Waals surface area contributed by atoms with Crippen LogP contribution in [-0.4, -0.2) is 18.1 Å². The van der Waals surface area contributed by atoms with Crippen LogP contribution in [0.15, 0.2) is 0 Å². The summed E-state index contributed by atoms with van der Waals surface area (Å²) in [5.41, 5.74) is 1.07. The Kier molecular flexibility index (Phi) is 2.14. The normalized spacial score (nSPS) is 20.6. The molecule has 0 bridgehead atoms. The average Bonchev–Trinajstić information content (AvgIpc) is 2.83. The van der Waals surface area contributed by atoms with Crippen molar-refractivity contribution in [3.63, 3.8) is 0 Å². The maximum Gasteiger partial charge on any atom is 0.186 e. The highest BCUT2D eigenvalue weighted by molar-refractivity contribution is 7.16. The zero-order valence-corrected chi connectivity index (χ0v) is 9.39. The molecular formula is C11H13N3S. The van der Waals surface area contributed by atoms with Gasteiger partial charge in [-0.25, -0.2) is 4.98 Å². The third kappa shape index (κ3) is 1.61. The Morgan fingerprint density at radius 2 is 2.07 bits per heavy atom. The number of nitriles is 1. The highest BCUT2D eigenvalue weighted by Crippen LogP contribution is 2.44. The van der Waals surface area contributed by atoms with Crippen molar-refractivity contribution in [1.29, 1.82) is 5.26 Å². The van der Waals surface area contributed by atoms with Gasteiger partial charge in [-0.3, -0.25) is 0 Å². The van der Waals surface area contributed by atoms with Crippen LogP contribution in [0.1, 0.15) is 42.2 Å². The van der Waals surface area contributed by atoms with Crippen LogP contribution < -0.4 is 4.90 Å². The molecule has 0 spiro atoms. The first kappa shape index (κ1) is 9.17. The van der Waals surface area contributed by atoms with E-state index in [-0.39, 0.29) is 0 Å². The summed E-state index contributed by atoms with van der Waals surface area (Å²) in [7, 11) is 0. The van der Waals surface area contributed by atoms with Crippen molar-refractivity contribution in [2.45, 2.75) is 31.6 Å². The van der Waals surface area contributed by atoms with Gasteiger partial charge >= 0.3 is 0 Å². The number of hydrogen-bond acceptors (Lipinski definition) is 4. The second-order valence-corrected chi connectivity index (χ2v) is 5.27. The van der Waals surface area contributed by atoms with Gasteiger partial charge in [0.2, 0.25) is 0 Å². The summed E-state index contributed by atoms with van der Waals surface area (Å²) in [4.78, 5) is 7.81. The summed E-state index contributed by atoms with van der Waals surface area (Å²) in [5, 5.41) is 10.1. The lowest BCUT2D eigenvalue weighted by Gasteiger charge is -2.11. The quantitative estimate of drug-likeness (QED) is 0.767. The summed E-state index contributed by atoms with van der Waals surface area (Å²) in [6.45, 7) is 2.23. The van der Waals surface area contributed by atoms with Gasteiger partial charge in [-0.1, -0.05) is 11.3 Å². The van der Waals surface area contributed by atoms with Crippen molar-refractivity contribution in [2.75, 3.05) is 18.0 Å². The zero-order chi connectivity index (χ0) is 10.3. The van der Waals surface area contributed by atoms with Crippen LogP contribution in [0, 0.1) is 11.3 Å². The first-order valence-electron chi connectivity index (χ1n) is 5.54. The van der Waals surface area contributed by atoms with Crippen molar-refractivity contribution in [3.05, 3.63) is 10.6 Å². The maximum atomic E-state index is 9.05. The van der Waals surface area contributed by atoms with Crippen LogP contribution in [0.5, 0.6) is 0 Å². The fourth-order valence-corrected chi connectivity index (χ4v) is 3.08. The van der Waals surface area contributed by atoms with Crippen molar-refractivity contribution in [3.8, 4) is 6.07 Å². The first-order chi connectivity index (χ1) is 7.38. The van der Waals surface area contributed by atoms with Crippen LogP contribution >= 0.6 is 11.3 Å². The van der Waals surface area contributed by atoms with E-state index in [1.165, 1.54) is 25.7 Å². The molecule has 1 saturated carbocycles. The lowest BCUT2D eigenvalue weighted by molar-refractivity contribution is 0.937. The Hall–Kier alpha value is -1.08. The van der Waals surface area contributed by atoms with Crippen LogP contribution in [0.25, 0.3) is 0 Å². The highest BCUT2D eigenvalue weighted by Gasteiger charge is 2.31. The summed E-state index contributed by atoms with van der Waals surface area (Å²) in [6.07, 6.45) is 4.97. The molecule has 0 unspecified atom stereocenters. The summed E-state index contributed by atoms with van der Waals surface area (Å²) in [5.74, 6) is 0.590. The fourth-order valence-electron chi connectivity index (χ4n) is 2.08. The van der Waals surface area contributed by atoms with E-state index in [2.05, 4.69) is 16.0 Å². The molecule has 0 N–H and O–H groups in total. The SMILES string of the molecule is N#Cc1sc(N2CCCC2)nc1C1CC1. The lowest BCUT2D eigenvalue weighted by atomic mass is 10.3. The van der Waals surface area contributed by atoms with E-state index in [4.69, 9.17) is 5.26 Å². The van der Waals surface area contributed by atoms with E-state index in [1.54, 1.807) is 11.3 Å². The number of thiazole rings is 1. The Labute approximate surface area is 93.4 Å². The molecule has 0 amide bonds. The van der Waals surface area contributed by atoms with Gasteiger partial charge in [-0.15, -0.1) is 0 Å². The molecular weight excluding hydrogens is 206 g/mol. The van der Waals surface area contributed by atoms with Gasteiger partial charge in [-0.05, 0) is 25.7 Å². The second kappa shape index (κ2) is 3.49. The fraction of sp³-hybridized carbons (Fsp3) is 0.636. The van der Waals surface area contributed by atoms with Gasteiger partial charge in [-0.2, -0.15) is 5.26 Å². The molecule has 2 heterocycles. The molecule has 0 radical (unpaired) electrons. The molecule has 1 aliphatic carbocycles. The Morgan fingerprint density at radius 3 is 2.67 bits per heavy atom. The van der Waals surface area contributed by atoms with E-state index < -0.39 is 0 Å². The highest BCUT2D eigenvalue weighted by atomic mass is 32.1. The summed E-state index contributed by atoms with van der Waals surface area (Å²) in [6, 6.07) is 2.29. The lowest BCUT2D eigenvalue weighted by Crippen LogP contribution is -2.17. The molecule has 1 aliphatic heterocycles. The molecule has 2 fully saturated rings. The van der Waals surface area contributed by atoms with Crippen molar-refractivity contribution in [1.82, 2.24) is 4.98 Å². The molecule has 1 aromatic heterocycles. The average molecular weight is 219 g/mol. The van der Waals surface area contributed by atoms with Gasteiger partial charge in [0.05, 0.1) is 5.69 Å². The Bertz CT molecular complexity index is 408. The molecule has 3 nitrogen and oxygen atoms in total. The van der Waals surface area contributed by atoms with E-state index in [9.17, 15) is 0 Å². The minimum atomic E-state index is 0.590.